The van der Waals surface area contributed by atoms with Crippen molar-refractivity contribution in [3.05, 3.63) is 24.3 Å². The van der Waals surface area contributed by atoms with E-state index in [0.29, 0.717) is 11.4 Å². The molecule has 0 heterocycles. The number of carbonyl (C=O) groups is 2. The van der Waals surface area contributed by atoms with Crippen LogP contribution < -0.4 is 21.3 Å². The molecule has 0 bridgehead atoms. The molecule has 0 radical (unpaired) electrons. The lowest BCUT2D eigenvalue weighted by molar-refractivity contribution is -0.136. The Bertz CT molecular complexity index is 361. The predicted octanol–water partition coefficient (Wildman–Crippen LogP) is -0.376. The van der Waals surface area contributed by atoms with Gasteiger partial charge in [-0.05, 0) is 24.3 Å². The van der Waals surface area contributed by atoms with Crippen molar-refractivity contribution in [3.8, 4) is 5.75 Å². The van der Waals surface area contributed by atoms with Gasteiger partial charge < -0.3 is 10.5 Å². The standard InChI is InChI=1S/C9H11N3O3/c1-15-7-4-2-6(3-5-7)11-12-9(14)8(10)13/h2-5,11H,1H3,(H2,10,13)(H,12,14). The number of anilines is 1. The number of benzene rings is 1. The number of nitrogens with one attached hydrogen (secondary N) is 2. The first-order valence-electron chi connectivity index (χ1n) is 4.13. The molecule has 0 aliphatic heterocycles. The average Bonchev–Trinajstić information content (AvgIpc) is 2.26. The van der Waals surface area contributed by atoms with Crippen molar-refractivity contribution < 1.29 is 14.3 Å². The minimum absolute atomic E-state index is 0.616. The van der Waals surface area contributed by atoms with Crippen LogP contribution in [0, 0.1) is 0 Å². The summed E-state index contributed by atoms with van der Waals surface area (Å²) in [5, 5.41) is 0. The van der Waals surface area contributed by atoms with Crippen molar-refractivity contribution in [2.45, 2.75) is 0 Å². The SMILES string of the molecule is COc1ccc(NNC(=O)C(N)=O)cc1. The molecule has 80 valence electrons. The summed E-state index contributed by atoms with van der Waals surface area (Å²) in [6.07, 6.45) is 0. The van der Waals surface area contributed by atoms with E-state index in [1.54, 1.807) is 31.4 Å². The lowest BCUT2D eigenvalue weighted by Crippen LogP contribution is -2.39. The number of primary amides is 1. The Kier molecular flexibility index (Phi) is 3.50. The number of hydrogen-bond donors (Lipinski definition) is 3. The first kappa shape index (κ1) is 10.8. The maximum Gasteiger partial charge on any atom is 0.327 e. The van der Waals surface area contributed by atoms with Crippen molar-refractivity contribution >= 4 is 17.5 Å². The molecule has 0 aliphatic carbocycles. The fourth-order valence-corrected chi connectivity index (χ4v) is 0.865. The maximum atomic E-state index is 10.8. The second kappa shape index (κ2) is 4.85. The molecule has 1 rings (SSSR count). The molecule has 6 heteroatoms. The Balaban J connectivity index is 2.51. The smallest absolute Gasteiger partial charge is 0.327 e. The highest BCUT2D eigenvalue weighted by molar-refractivity contribution is 6.34. The molecular weight excluding hydrogens is 198 g/mol. The number of ether oxygens (including phenoxy) is 1. The molecule has 6 nitrogen and oxygen atoms in total. The van der Waals surface area contributed by atoms with Crippen molar-refractivity contribution in [2.75, 3.05) is 12.5 Å². The Morgan fingerprint density at radius 2 is 1.87 bits per heavy atom. The van der Waals surface area contributed by atoms with Crippen LogP contribution in [0.1, 0.15) is 0 Å². The van der Waals surface area contributed by atoms with E-state index in [-0.39, 0.29) is 0 Å². The average molecular weight is 209 g/mol. The molecular formula is C9H11N3O3. The summed E-state index contributed by atoms with van der Waals surface area (Å²) in [7, 11) is 1.55. The number of hydrogen-bond acceptors (Lipinski definition) is 4. The molecule has 0 aromatic heterocycles. The van der Waals surface area contributed by atoms with E-state index in [1.807, 2.05) is 0 Å². The van der Waals surface area contributed by atoms with Gasteiger partial charge in [0.05, 0.1) is 12.8 Å². The third-order valence-corrected chi connectivity index (χ3v) is 1.63. The number of rotatable bonds is 3. The highest BCUT2D eigenvalue weighted by Crippen LogP contribution is 2.13. The van der Waals surface area contributed by atoms with Crippen LogP contribution in [0.5, 0.6) is 5.75 Å². The van der Waals surface area contributed by atoms with Gasteiger partial charge in [0, 0.05) is 0 Å². The van der Waals surface area contributed by atoms with Gasteiger partial charge in [0.1, 0.15) is 5.75 Å². The number of carbonyl (C=O) groups excluding carboxylic acids is 2. The molecule has 4 N–H and O–H groups in total. The third-order valence-electron chi connectivity index (χ3n) is 1.63. The minimum Gasteiger partial charge on any atom is -0.497 e. The molecule has 0 unspecified atom stereocenters. The monoisotopic (exact) mass is 209 g/mol. The van der Waals surface area contributed by atoms with Gasteiger partial charge in [-0.25, -0.2) is 0 Å². The highest BCUT2D eigenvalue weighted by atomic mass is 16.5. The zero-order chi connectivity index (χ0) is 11.3. The fourth-order valence-electron chi connectivity index (χ4n) is 0.865. The number of methoxy groups -OCH3 is 1. The van der Waals surface area contributed by atoms with E-state index < -0.39 is 11.8 Å². The topological polar surface area (TPSA) is 93.4 Å². The van der Waals surface area contributed by atoms with E-state index in [9.17, 15) is 9.59 Å². The summed E-state index contributed by atoms with van der Waals surface area (Å²) in [4.78, 5) is 21.1. The fraction of sp³-hybridized carbons (Fsp3) is 0.111. The summed E-state index contributed by atoms with van der Waals surface area (Å²) in [6, 6.07) is 6.78. The summed E-state index contributed by atoms with van der Waals surface area (Å²) >= 11 is 0. The Morgan fingerprint density at radius 1 is 1.27 bits per heavy atom. The van der Waals surface area contributed by atoms with Gasteiger partial charge in [-0.1, -0.05) is 0 Å². The summed E-state index contributed by atoms with van der Waals surface area (Å²) < 4.78 is 4.94. The zero-order valence-electron chi connectivity index (χ0n) is 8.11. The van der Waals surface area contributed by atoms with Crippen LogP contribution >= 0.6 is 0 Å². The van der Waals surface area contributed by atoms with Crippen LogP contribution in [0.15, 0.2) is 24.3 Å². The number of amides is 2. The van der Waals surface area contributed by atoms with Crippen LogP contribution in [0.25, 0.3) is 0 Å². The first-order valence-corrected chi connectivity index (χ1v) is 4.13. The van der Waals surface area contributed by atoms with Crippen LogP contribution in [0.2, 0.25) is 0 Å². The van der Waals surface area contributed by atoms with E-state index >= 15 is 0 Å². The summed E-state index contributed by atoms with van der Waals surface area (Å²) in [5.74, 6) is -1.25. The van der Waals surface area contributed by atoms with E-state index in [2.05, 4.69) is 10.9 Å². The van der Waals surface area contributed by atoms with E-state index in [1.165, 1.54) is 0 Å². The van der Waals surface area contributed by atoms with Gasteiger partial charge in [0.2, 0.25) is 0 Å². The van der Waals surface area contributed by atoms with Gasteiger partial charge in [0.15, 0.2) is 0 Å². The number of hydrazine groups is 1. The maximum absolute atomic E-state index is 10.8. The molecule has 0 aliphatic rings. The molecule has 0 spiro atoms. The molecule has 2 amide bonds. The van der Waals surface area contributed by atoms with Crippen molar-refractivity contribution in [3.63, 3.8) is 0 Å². The summed E-state index contributed by atoms with van der Waals surface area (Å²) in [5.41, 5.74) is 10.0. The lowest BCUT2D eigenvalue weighted by Gasteiger charge is -2.06. The second-order valence-electron chi connectivity index (χ2n) is 2.67. The Hall–Kier alpha value is -2.24. The van der Waals surface area contributed by atoms with Crippen LogP contribution in [0.4, 0.5) is 5.69 Å². The largest absolute Gasteiger partial charge is 0.497 e. The van der Waals surface area contributed by atoms with Gasteiger partial charge in [-0.15, -0.1) is 0 Å². The Morgan fingerprint density at radius 3 is 2.33 bits per heavy atom. The van der Waals surface area contributed by atoms with Crippen molar-refractivity contribution in [1.82, 2.24) is 5.43 Å². The summed E-state index contributed by atoms with van der Waals surface area (Å²) in [6.45, 7) is 0. The molecule has 1 aromatic rings. The number of nitrogens with two attached hydrogens (primary N) is 1. The van der Waals surface area contributed by atoms with Crippen LogP contribution in [-0.4, -0.2) is 18.9 Å². The molecule has 1 aromatic carbocycles. The quantitative estimate of drug-likeness (QED) is 0.467. The molecule has 0 fully saturated rings. The van der Waals surface area contributed by atoms with E-state index in [0.717, 1.165) is 0 Å². The molecule has 0 atom stereocenters. The lowest BCUT2D eigenvalue weighted by atomic mass is 10.3. The predicted molar refractivity (Wildman–Crippen MR) is 54.0 cm³/mol. The van der Waals surface area contributed by atoms with Gasteiger partial charge >= 0.3 is 11.8 Å². The second-order valence-corrected chi connectivity index (χ2v) is 2.67. The minimum atomic E-state index is -1.05. The van der Waals surface area contributed by atoms with Crippen molar-refractivity contribution in [1.29, 1.82) is 0 Å². The molecule has 0 saturated heterocycles. The molecule has 15 heavy (non-hydrogen) atoms. The zero-order valence-corrected chi connectivity index (χ0v) is 8.11. The van der Waals surface area contributed by atoms with Crippen molar-refractivity contribution in [2.24, 2.45) is 5.73 Å². The molecule has 0 saturated carbocycles. The van der Waals surface area contributed by atoms with Crippen LogP contribution in [0.3, 0.4) is 0 Å². The Labute approximate surface area is 86.4 Å². The first-order chi connectivity index (χ1) is 7.13. The van der Waals surface area contributed by atoms with Gasteiger partial charge in [0.25, 0.3) is 0 Å². The third kappa shape index (κ3) is 3.18. The van der Waals surface area contributed by atoms with E-state index in [4.69, 9.17) is 10.5 Å². The highest BCUT2D eigenvalue weighted by Gasteiger charge is 2.06. The van der Waals surface area contributed by atoms with Crippen LogP contribution in [-0.2, 0) is 9.59 Å². The van der Waals surface area contributed by atoms with Gasteiger partial charge in [-0.3, -0.25) is 20.4 Å². The van der Waals surface area contributed by atoms with Gasteiger partial charge in [-0.2, -0.15) is 0 Å². The normalized spacial score (nSPS) is 9.13.